The second kappa shape index (κ2) is 6.80. The molecular formula is C11H17N3O3. The minimum absolute atomic E-state index is 0.173. The van der Waals surface area contributed by atoms with Crippen molar-refractivity contribution in [3.05, 3.63) is 17.8 Å². The van der Waals surface area contributed by atoms with Crippen molar-refractivity contribution in [2.75, 3.05) is 19.0 Å². The van der Waals surface area contributed by atoms with Gasteiger partial charge in [0.15, 0.2) is 5.69 Å². The van der Waals surface area contributed by atoms with Crippen molar-refractivity contribution in [2.45, 2.75) is 25.9 Å². The van der Waals surface area contributed by atoms with Crippen molar-refractivity contribution in [1.82, 2.24) is 10.2 Å². The van der Waals surface area contributed by atoms with E-state index in [9.17, 15) is 9.90 Å². The molecule has 0 aromatic carbocycles. The Hall–Kier alpha value is -1.69. The lowest BCUT2D eigenvalue weighted by Gasteiger charge is -2.08. The third-order valence-corrected chi connectivity index (χ3v) is 2.31. The van der Waals surface area contributed by atoms with Crippen LogP contribution in [0, 0.1) is 0 Å². The van der Waals surface area contributed by atoms with E-state index in [1.165, 1.54) is 13.2 Å². The van der Waals surface area contributed by atoms with Crippen LogP contribution >= 0.6 is 0 Å². The number of nitrogens with one attached hydrogen (secondary N) is 1. The predicted molar refractivity (Wildman–Crippen MR) is 62.8 cm³/mol. The van der Waals surface area contributed by atoms with Gasteiger partial charge in [-0.05, 0) is 25.0 Å². The van der Waals surface area contributed by atoms with Crippen LogP contribution < -0.4 is 5.32 Å². The fourth-order valence-electron chi connectivity index (χ4n) is 1.21. The number of aliphatic hydroxyl groups excluding tert-OH is 1. The van der Waals surface area contributed by atoms with Gasteiger partial charge in [-0.2, -0.15) is 0 Å². The first-order valence-corrected chi connectivity index (χ1v) is 5.51. The highest BCUT2D eigenvalue weighted by atomic mass is 16.5. The summed E-state index contributed by atoms with van der Waals surface area (Å²) in [7, 11) is 1.29. The number of anilines is 1. The van der Waals surface area contributed by atoms with Gasteiger partial charge < -0.3 is 15.2 Å². The Morgan fingerprint density at radius 1 is 1.53 bits per heavy atom. The van der Waals surface area contributed by atoms with Gasteiger partial charge in [-0.25, -0.2) is 4.79 Å². The molecule has 0 spiro atoms. The number of carbonyl (C=O) groups is 1. The fraction of sp³-hybridized carbons (Fsp3) is 0.545. The highest BCUT2D eigenvalue weighted by Gasteiger charge is 2.07. The van der Waals surface area contributed by atoms with Crippen LogP contribution in [-0.4, -0.2) is 41.0 Å². The van der Waals surface area contributed by atoms with Crippen LogP contribution in [-0.2, 0) is 4.74 Å². The zero-order valence-electron chi connectivity index (χ0n) is 10.0. The van der Waals surface area contributed by atoms with Crippen molar-refractivity contribution in [2.24, 2.45) is 0 Å². The Morgan fingerprint density at radius 3 is 2.82 bits per heavy atom. The summed E-state index contributed by atoms with van der Waals surface area (Å²) < 4.78 is 4.51. The minimum atomic E-state index is -0.509. The molecule has 0 aliphatic carbocycles. The van der Waals surface area contributed by atoms with E-state index in [2.05, 4.69) is 20.3 Å². The van der Waals surface area contributed by atoms with Crippen LogP contribution in [0.4, 0.5) is 5.82 Å². The first-order chi connectivity index (χ1) is 8.17. The first kappa shape index (κ1) is 13.4. The number of nitrogens with zero attached hydrogens (tertiary/aromatic N) is 2. The standard InChI is InChI=1S/C11H17N3O3/c1-3-8(15)6-7-12-10-5-4-9(13-14-10)11(16)17-2/h4-5,8,15H,3,6-7H2,1-2H3,(H,12,14). The number of methoxy groups -OCH3 is 1. The molecule has 0 saturated heterocycles. The van der Waals surface area contributed by atoms with Crippen LogP contribution in [0.1, 0.15) is 30.3 Å². The monoisotopic (exact) mass is 239 g/mol. The zero-order chi connectivity index (χ0) is 12.7. The molecule has 1 aromatic heterocycles. The van der Waals surface area contributed by atoms with Gasteiger partial charge >= 0.3 is 5.97 Å². The molecule has 1 heterocycles. The molecule has 1 aromatic rings. The molecule has 1 rings (SSSR count). The number of esters is 1. The summed E-state index contributed by atoms with van der Waals surface area (Å²) in [4.78, 5) is 11.1. The topological polar surface area (TPSA) is 84.3 Å². The van der Waals surface area contributed by atoms with E-state index in [1.807, 2.05) is 6.92 Å². The summed E-state index contributed by atoms with van der Waals surface area (Å²) in [6, 6.07) is 3.19. The van der Waals surface area contributed by atoms with Gasteiger partial charge in [0.2, 0.25) is 0 Å². The van der Waals surface area contributed by atoms with E-state index < -0.39 is 5.97 Å². The molecule has 17 heavy (non-hydrogen) atoms. The van der Waals surface area contributed by atoms with E-state index in [0.717, 1.165) is 6.42 Å². The van der Waals surface area contributed by atoms with Crippen molar-refractivity contribution in [3.8, 4) is 0 Å². The third kappa shape index (κ3) is 4.36. The van der Waals surface area contributed by atoms with E-state index in [1.54, 1.807) is 6.07 Å². The van der Waals surface area contributed by atoms with Crippen molar-refractivity contribution in [3.63, 3.8) is 0 Å². The molecule has 0 aliphatic heterocycles. The lowest BCUT2D eigenvalue weighted by molar-refractivity contribution is 0.0593. The highest BCUT2D eigenvalue weighted by molar-refractivity contribution is 5.86. The maximum atomic E-state index is 11.1. The van der Waals surface area contributed by atoms with E-state index in [-0.39, 0.29) is 11.8 Å². The Labute approximate surface area is 100 Å². The summed E-state index contributed by atoms with van der Waals surface area (Å²) in [5.41, 5.74) is 0.173. The molecule has 0 bridgehead atoms. The predicted octanol–water partition coefficient (Wildman–Crippen LogP) is 0.836. The normalized spacial score (nSPS) is 11.9. The summed E-state index contributed by atoms with van der Waals surface area (Å²) >= 11 is 0. The van der Waals surface area contributed by atoms with E-state index in [4.69, 9.17) is 0 Å². The SMILES string of the molecule is CCC(O)CCNc1ccc(C(=O)OC)nn1. The summed E-state index contributed by atoms with van der Waals surface area (Å²) in [6.07, 6.45) is 1.08. The minimum Gasteiger partial charge on any atom is -0.464 e. The number of hydrogen-bond donors (Lipinski definition) is 2. The number of aromatic nitrogens is 2. The highest BCUT2D eigenvalue weighted by Crippen LogP contribution is 2.04. The van der Waals surface area contributed by atoms with Gasteiger partial charge in [-0.1, -0.05) is 6.92 Å². The average molecular weight is 239 g/mol. The van der Waals surface area contributed by atoms with Crippen LogP contribution in [0.3, 0.4) is 0 Å². The number of carbonyl (C=O) groups excluding carboxylic acids is 1. The molecule has 1 atom stereocenters. The molecule has 0 fully saturated rings. The smallest absolute Gasteiger partial charge is 0.358 e. The van der Waals surface area contributed by atoms with Gasteiger partial charge in [0.25, 0.3) is 0 Å². The van der Waals surface area contributed by atoms with Crippen LogP contribution in [0.15, 0.2) is 12.1 Å². The molecule has 6 nitrogen and oxygen atoms in total. The first-order valence-electron chi connectivity index (χ1n) is 5.51. The Morgan fingerprint density at radius 2 is 2.29 bits per heavy atom. The Kier molecular flexibility index (Phi) is 5.35. The van der Waals surface area contributed by atoms with E-state index >= 15 is 0 Å². The van der Waals surface area contributed by atoms with Gasteiger partial charge in [0.05, 0.1) is 13.2 Å². The summed E-state index contributed by atoms with van der Waals surface area (Å²) in [6.45, 7) is 2.54. The lowest BCUT2D eigenvalue weighted by atomic mass is 10.2. The second-order valence-electron chi connectivity index (χ2n) is 3.57. The van der Waals surface area contributed by atoms with Crippen LogP contribution in [0.25, 0.3) is 0 Å². The molecule has 1 unspecified atom stereocenters. The van der Waals surface area contributed by atoms with Gasteiger partial charge in [0.1, 0.15) is 5.82 Å². The number of hydrogen-bond acceptors (Lipinski definition) is 6. The van der Waals surface area contributed by atoms with Gasteiger partial charge in [0, 0.05) is 6.54 Å². The van der Waals surface area contributed by atoms with Crippen molar-refractivity contribution >= 4 is 11.8 Å². The van der Waals surface area contributed by atoms with Crippen molar-refractivity contribution < 1.29 is 14.6 Å². The molecule has 0 saturated carbocycles. The Bertz CT molecular complexity index is 353. The quantitative estimate of drug-likeness (QED) is 0.715. The molecule has 2 N–H and O–H groups in total. The van der Waals surface area contributed by atoms with E-state index in [0.29, 0.717) is 18.8 Å². The molecular weight excluding hydrogens is 222 g/mol. The molecule has 0 radical (unpaired) electrons. The van der Waals surface area contributed by atoms with Gasteiger partial charge in [-0.3, -0.25) is 0 Å². The lowest BCUT2D eigenvalue weighted by Crippen LogP contribution is -2.13. The maximum absolute atomic E-state index is 11.1. The Balaban J connectivity index is 2.43. The average Bonchev–Trinajstić information content (AvgIpc) is 2.38. The third-order valence-electron chi connectivity index (χ3n) is 2.31. The molecule has 0 amide bonds. The largest absolute Gasteiger partial charge is 0.464 e. The summed E-state index contributed by atoms with van der Waals surface area (Å²) in [5, 5.41) is 19.9. The number of rotatable bonds is 6. The van der Waals surface area contributed by atoms with Crippen LogP contribution in [0.5, 0.6) is 0 Å². The fourth-order valence-corrected chi connectivity index (χ4v) is 1.21. The number of aliphatic hydroxyl groups is 1. The molecule has 6 heteroatoms. The summed E-state index contributed by atoms with van der Waals surface area (Å²) in [5.74, 6) is 0.0615. The second-order valence-corrected chi connectivity index (χ2v) is 3.57. The number of ether oxygens (including phenoxy) is 1. The molecule has 0 aliphatic rings. The maximum Gasteiger partial charge on any atom is 0.358 e. The zero-order valence-corrected chi connectivity index (χ0v) is 10.0. The van der Waals surface area contributed by atoms with Crippen molar-refractivity contribution in [1.29, 1.82) is 0 Å². The van der Waals surface area contributed by atoms with Crippen LogP contribution in [0.2, 0.25) is 0 Å². The molecule has 94 valence electrons. The van der Waals surface area contributed by atoms with Gasteiger partial charge in [-0.15, -0.1) is 10.2 Å².